The summed E-state index contributed by atoms with van der Waals surface area (Å²) in [6.45, 7) is 21.5. The fraction of sp³-hybridized carbons (Fsp3) is 0.833. The van der Waals surface area contributed by atoms with Crippen LogP contribution in [0.3, 0.4) is 0 Å². The Morgan fingerprint density at radius 1 is 0.128 bits per heavy atom. The van der Waals surface area contributed by atoms with Gasteiger partial charge in [0.05, 0.1) is 0 Å². The Balaban J connectivity index is 2.73. The van der Waals surface area contributed by atoms with Gasteiger partial charge in [-0.3, -0.25) is 0 Å². The highest BCUT2D eigenvalue weighted by molar-refractivity contribution is 7.97. The van der Waals surface area contributed by atoms with Gasteiger partial charge in [-0.05, 0) is 132 Å². The Labute approximate surface area is 689 Å². The monoisotopic (exact) mass is 1520 g/mol. The lowest BCUT2D eigenvalue weighted by Crippen LogP contribution is -2.20. The minimum Gasteiger partial charge on any atom is -0.0654 e. The molecular weight excluding hydrogens is 1330 g/mol. The van der Waals surface area contributed by atoms with Gasteiger partial charge in [0.1, 0.15) is 10.9 Å². The van der Waals surface area contributed by atoms with Gasteiger partial charge < -0.3 is 0 Å². The van der Waals surface area contributed by atoms with Crippen molar-refractivity contribution in [2.75, 3.05) is 0 Å². The van der Waals surface area contributed by atoms with Gasteiger partial charge in [-0.2, -0.15) is 0 Å². The average Bonchev–Trinajstić information content (AvgIpc) is 0.742. The quantitative estimate of drug-likeness (QED) is 0.0390. The highest BCUT2D eigenvalue weighted by Gasteiger charge is 2.42. The molecule has 109 heavy (non-hydrogen) atoms. The van der Waals surface area contributed by atoms with E-state index in [1.54, 1.807) is 16.7 Å². The number of rotatable bonds is 84. The zero-order valence-corrected chi connectivity index (χ0v) is 77.0. The molecule has 0 aromatic heterocycles. The number of benzene rings is 3. The molecule has 0 nitrogen and oxygen atoms in total. The zero-order valence-electron chi connectivity index (χ0n) is 76.1. The van der Waals surface area contributed by atoms with E-state index in [2.05, 4.69) is 98.7 Å². The van der Waals surface area contributed by atoms with Crippen LogP contribution in [-0.2, 0) is 68.7 Å². The van der Waals surface area contributed by atoms with E-state index in [9.17, 15) is 0 Å². The minimum atomic E-state index is -0.224. The predicted octanol–water partition coefficient (Wildman–Crippen LogP) is 37.9. The molecule has 0 unspecified atom stereocenters. The van der Waals surface area contributed by atoms with Crippen LogP contribution in [0.2, 0.25) is 0 Å². The third-order valence-electron chi connectivity index (χ3n) is 25.3. The summed E-state index contributed by atoms with van der Waals surface area (Å²) in [5, 5.41) is 0. The third kappa shape index (κ3) is 52.3. The highest BCUT2D eigenvalue weighted by Crippen LogP contribution is 2.46. The highest BCUT2D eigenvalue weighted by atomic mass is 32.2. The topological polar surface area (TPSA) is 0 Å². The average molecular weight is 1530 g/mol. The molecule has 0 bridgehead atoms. The number of aryl methyl sites for hydroxylation is 9. The maximum absolute atomic E-state index is 2.97. The molecule has 3 aromatic rings. The minimum absolute atomic E-state index is 0.224. The second-order valence-corrected chi connectivity index (χ2v) is 37.9. The second-order valence-electron chi connectivity index (χ2n) is 36.1. The van der Waals surface area contributed by atoms with Crippen LogP contribution < -0.4 is 0 Å². The van der Waals surface area contributed by atoms with Crippen LogP contribution >= 0.6 is 0 Å². The van der Waals surface area contributed by atoms with Crippen molar-refractivity contribution < 1.29 is 0 Å². The first-order valence-corrected chi connectivity index (χ1v) is 52.3. The van der Waals surface area contributed by atoms with E-state index in [0.717, 1.165) is 0 Å². The molecule has 0 amide bonds. The van der Waals surface area contributed by atoms with Gasteiger partial charge in [0.15, 0.2) is 14.7 Å². The third-order valence-corrected chi connectivity index (χ3v) is 28.1. The van der Waals surface area contributed by atoms with E-state index >= 15 is 0 Å². The van der Waals surface area contributed by atoms with Crippen LogP contribution in [-0.4, -0.2) is 0 Å². The van der Waals surface area contributed by atoms with Gasteiger partial charge in [0.2, 0.25) is 0 Å². The van der Waals surface area contributed by atoms with Crippen LogP contribution in [0.1, 0.15) is 575 Å². The molecule has 0 spiro atoms. The maximum atomic E-state index is 2.97. The van der Waals surface area contributed by atoms with Crippen LogP contribution in [0, 0.1) is 0 Å². The van der Waals surface area contributed by atoms with E-state index < -0.39 is 0 Å². The maximum Gasteiger partial charge on any atom is 0.172 e. The molecule has 0 fully saturated rings. The van der Waals surface area contributed by atoms with Gasteiger partial charge >= 0.3 is 0 Å². The summed E-state index contributed by atoms with van der Waals surface area (Å²) in [7, 11) is -0.224. The van der Waals surface area contributed by atoms with Crippen LogP contribution in [0.15, 0.2) is 51.1 Å². The molecule has 1 heteroatoms. The summed E-state index contributed by atoms with van der Waals surface area (Å²) in [6, 6.07) is 17.8. The van der Waals surface area contributed by atoms with E-state index in [1.807, 2.05) is 48.1 Å². The molecule has 0 atom stereocenters. The molecule has 0 radical (unpaired) electrons. The van der Waals surface area contributed by atoms with Crippen molar-refractivity contribution in [2.24, 2.45) is 0 Å². The molecule has 3 rings (SSSR count). The summed E-state index contributed by atoms with van der Waals surface area (Å²) in [4.78, 5) is 5.67. The molecule has 0 aliphatic rings. The van der Waals surface area contributed by atoms with Crippen molar-refractivity contribution in [1.82, 2.24) is 0 Å². The fourth-order valence-electron chi connectivity index (χ4n) is 18.2. The molecule has 0 aliphatic carbocycles. The van der Waals surface area contributed by atoms with E-state index in [0.29, 0.717) is 0 Å². The lowest BCUT2D eigenvalue weighted by molar-refractivity contribution is 0.569. The number of hydrogen-bond acceptors (Lipinski definition) is 0. The Morgan fingerprint density at radius 3 is 0.349 bits per heavy atom. The van der Waals surface area contributed by atoms with Crippen molar-refractivity contribution in [2.45, 2.75) is 597 Å². The Kier molecular flexibility index (Phi) is 70.6. The van der Waals surface area contributed by atoms with Crippen LogP contribution in [0.4, 0.5) is 0 Å². The molecule has 0 aliphatic heterocycles. The van der Waals surface area contributed by atoms with Gasteiger partial charge in [-0.25, -0.2) is 0 Å². The summed E-state index contributed by atoms with van der Waals surface area (Å²) in [5.41, 5.74) is 16.0. The summed E-state index contributed by atoms with van der Waals surface area (Å²) in [6.07, 6.45) is 112. The van der Waals surface area contributed by atoms with E-state index in [4.69, 9.17) is 0 Å². The fourth-order valence-corrected chi connectivity index (χ4v) is 21.4. The molecule has 0 N–H and O–H groups in total. The molecule has 0 heterocycles. The smallest absolute Gasteiger partial charge is 0.0654 e. The van der Waals surface area contributed by atoms with Gasteiger partial charge in [0, 0.05) is 33.4 Å². The van der Waals surface area contributed by atoms with E-state index in [1.165, 1.54) is 520 Å². The lowest BCUT2D eigenvalue weighted by Gasteiger charge is -2.26. The second kappa shape index (κ2) is 76.0. The van der Waals surface area contributed by atoms with Crippen molar-refractivity contribution in [3.8, 4) is 0 Å². The van der Waals surface area contributed by atoms with Gasteiger partial charge in [0.25, 0.3) is 0 Å². The predicted molar refractivity (Wildman–Crippen MR) is 498 cm³/mol. The van der Waals surface area contributed by atoms with E-state index in [-0.39, 0.29) is 10.9 Å². The molecule has 632 valence electrons. The molecule has 0 saturated carbocycles. The first kappa shape index (κ1) is 101. The standard InChI is InChI=1S/C108H195S/c1-10-19-28-37-46-55-64-73-82-97-91-100(85-76-67-58-49-40-31-22-13-4)106(101(92-97)86-77-68-59-50-41-32-23-14-5)109(107-102(87-78-69-60-51-42-33-24-15-6)93-98(83-74-65-56-47-38-29-20-11-2)94-103(107)88-79-70-61-52-43-34-25-16-7)108-104(89-80-71-62-53-44-35-26-17-8)95-99(84-75-66-57-48-39-30-21-12-3)96-105(108)90-81-72-63-54-45-36-27-18-9/h91-96H,10-90H2,1-9H3/q+1. The first-order valence-electron chi connectivity index (χ1n) is 51.1. The Bertz CT molecular complexity index is 2030. The van der Waals surface area contributed by atoms with Crippen molar-refractivity contribution in [1.29, 1.82) is 0 Å². The number of unbranched alkanes of at least 4 members (excludes halogenated alkanes) is 63. The SMILES string of the molecule is CCCCCCCCCCc1cc(CCCCCCCCCC)c([S+](c2c(CCCCCCCCCC)cc(CCCCCCCCCC)cc2CCCCCCCCCC)c2c(CCCCCCCCCC)cc(CCCCCCCCCC)cc2CCCCCCCCCC)c(CCCCCCCCCC)c1. The largest absolute Gasteiger partial charge is 0.172 e. The van der Waals surface area contributed by atoms with Crippen molar-refractivity contribution >= 4 is 10.9 Å². The lowest BCUT2D eigenvalue weighted by atomic mass is 9.94. The Hall–Kier alpha value is -1.99. The summed E-state index contributed by atoms with van der Waals surface area (Å²) in [5.74, 6) is 0. The molecule has 0 saturated heterocycles. The summed E-state index contributed by atoms with van der Waals surface area (Å²) >= 11 is 0. The normalized spacial score (nSPS) is 11.8. The van der Waals surface area contributed by atoms with Crippen molar-refractivity contribution in [3.05, 3.63) is 86.5 Å². The van der Waals surface area contributed by atoms with Crippen LogP contribution in [0.5, 0.6) is 0 Å². The number of hydrogen-bond donors (Lipinski definition) is 0. The van der Waals surface area contributed by atoms with Crippen molar-refractivity contribution in [3.63, 3.8) is 0 Å². The summed E-state index contributed by atoms with van der Waals surface area (Å²) < 4.78 is 0. The van der Waals surface area contributed by atoms with Gasteiger partial charge in [-0.15, -0.1) is 0 Å². The molecular formula is C108H195S+. The zero-order chi connectivity index (χ0) is 78.0. The van der Waals surface area contributed by atoms with Crippen LogP contribution in [0.25, 0.3) is 0 Å². The first-order chi connectivity index (χ1) is 53.9. The van der Waals surface area contributed by atoms with Gasteiger partial charge in [-0.1, -0.05) is 503 Å². The molecule has 3 aromatic carbocycles. The Morgan fingerprint density at radius 2 is 0.229 bits per heavy atom.